The summed E-state index contributed by atoms with van der Waals surface area (Å²) in [6, 6.07) is 1.84. The first-order chi connectivity index (χ1) is 15.1. The van der Waals surface area contributed by atoms with Crippen molar-refractivity contribution in [3.63, 3.8) is 0 Å². The lowest BCUT2D eigenvalue weighted by atomic mass is 10.1. The van der Waals surface area contributed by atoms with Crippen LogP contribution in [0.2, 0.25) is 0 Å². The number of aliphatic hydroxyl groups is 1. The Morgan fingerprint density at radius 3 is 2.44 bits per heavy atom. The van der Waals surface area contributed by atoms with Crippen molar-refractivity contribution < 1.29 is 9.84 Å². The summed E-state index contributed by atoms with van der Waals surface area (Å²) >= 11 is 0. The molecule has 0 aromatic carbocycles. The number of hydrogen-bond donors (Lipinski definition) is 3. The molecule has 3 rings (SSSR count). The molecule has 2 aliphatic rings. The van der Waals surface area contributed by atoms with Gasteiger partial charge in [-0.3, -0.25) is 14.8 Å². The van der Waals surface area contributed by atoms with E-state index in [0.717, 1.165) is 84.0 Å². The van der Waals surface area contributed by atoms with Crippen LogP contribution in [-0.4, -0.2) is 122 Å². The normalized spacial score (nSPS) is 20.3. The molecule has 2 saturated heterocycles. The Morgan fingerprint density at radius 1 is 1.09 bits per heavy atom. The highest BCUT2D eigenvalue weighted by molar-refractivity contribution is 14.0. The van der Waals surface area contributed by atoms with Gasteiger partial charge in [-0.05, 0) is 19.9 Å². The predicted octanol–water partition coefficient (Wildman–Crippen LogP) is -0.145. The second kappa shape index (κ2) is 14.1. The quantitative estimate of drug-likeness (QED) is 0.216. The zero-order valence-electron chi connectivity index (χ0n) is 19.4. The molecule has 1 unspecified atom stereocenters. The van der Waals surface area contributed by atoms with Crippen LogP contribution in [0.15, 0.2) is 23.5 Å². The first-order valence-corrected chi connectivity index (χ1v) is 11.3. The summed E-state index contributed by atoms with van der Waals surface area (Å²) in [5.74, 6) is 1.56. The number of aromatic nitrogens is 2. The summed E-state index contributed by atoms with van der Waals surface area (Å²) in [4.78, 5) is 20.2. The number of aliphatic imine (C=N–C) groups is 1. The minimum atomic E-state index is -0.866. The Labute approximate surface area is 208 Å². The van der Waals surface area contributed by atoms with Gasteiger partial charge in [0, 0.05) is 77.8 Å². The molecule has 182 valence electrons. The number of halogens is 1. The standard InChI is InChI=1S/C21H38N8O2.HI/c1-3-22-19(26-17-21(2,30)18-28-13-15-31-16-14-28)23-7-8-27-9-11-29(12-10-27)20-24-5-4-6-25-20;/h4-6,30H,3,7-18H2,1-2H3,(H2,22,23,26);1H. The van der Waals surface area contributed by atoms with Gasteiger partial charge in [-0.2, -0.15) is 0 Å². The predicted molar refractivity (Wildman–Crippen MR) is 138 cm³/mol. The molecule has 2 fully saturated rings. The average Bonchev–Trinajstić information content (AvgIpc) is 2.79. The summed E-state index contributed by atoms with van der Waals surface area (Å²) in [5.41, 5.74) is -0.866. The number of guanidine groups is 1. The lowest BCUT2D eigenvalue weighted by Gasteiger charge is -2.34. The maximum absolute atomic E-state index is 10.8. The third-order valence-electron chi connectivity index (χ3n) is 5.52. The molecular weight excluding hydrogens is 523 g/mol. The third-order valence-corrected chi connectivity index (χ3v) is 5.52. The van der Waals surface area contributed by atoms with Gasteiger partial charge >= 0.3 is 0 Å². The Morgan fingerprint density at radius 2 is 1.78 bits per heavy atom. The molecule has 0 bridgehead atoms. The van der Waals surface area contributed by atoms with Crippen molar-refractivity contribution >= 4 is 35.9 Å². The van der Waals surface area contributed by atoms with Crippen molar-refractivity contribution in [1.82, 2.24) is 30.4 Å². The highest BCUT2D eigenvalue weighted by Gasteiger charge is 2.25. The molecule has 0 saturated carbocycles. The lowest BCUT2D eigenvalue weighted by Crippen LogP contribution is -2.50. The maximum Gasteiger partial charge on any atom is 0.225 e. The second-order valence-electron chi connectivity index (χ2n) is 8.38. The van der Waals surface area contributed by atoms with Crippen LogP contribution in [0.3, 0.4) is 0 Å². The largest absolute Gasteiger partial charge is 0.387 e. The molecule has 0 amide bonds. The van der Waals surface area contributed by atoms with Gasteiger partial charge in [-0.1, -0.05) is 0 Å². The van der Waals surface area contributed by atoms with Gasteiger partial charge in [0.1, 0.15) is 0 Å². The number of ether oxygens (including phenoxy) is 1. The fourth-order valence-corrected chi connectivity index (χ4v) is 3.84. The van der Waals surface area contributed by atoms with Gasteiger partial charge in [0.05, 0.1) is 25.4 Å². The van der Waals surface area contributed by atoms with Crippen molar-refractivity contribution in [1.29, 1.82) is 0 Å². The first kappa shape index (κ1) is 27.0. The van der Waals surface area contributed by atoms with Crippen molar-refractivity contribution in [3.8, 4) is 0 Å². The number of piperazine rings is 1. The van der Waals surface area contributed by atoms with E-state index >= 15 is 0 Å². The topological polar surface area (TPSA) is 101 Å². The number of morpholine rings is 1. The van der Waals surface area contributed by atoms with Crippen molar-refractivity contribution in [3.05, 3.63) is 18.5 Å². The van der Waals surface area contributed by atoms with Crippen LogP contribution in [0.5, 0.6) is 0 Å². The van der Waals surface area contributed by atoms with Gasteiger partial charge in [-0.15, -0.1) is 24.0 Å². The minimum Gasteiger partial charge on any atom is -0.387 e. The van der Waals surface area contributed by atoms with E-state index < -0.39 is 5.60 Å². The number of anilines is 1. The van der Waals surface area contributed by atoms with Gasteiger partial charge in [0.2, 0.25) is 5.95 Å². The van der Waals surface area contributed by atoms with E-state index in [2.05, 4.69) is 40.3 Å². The molecule has 0 aliphatic carbocycles. The Kier molecular flexibility index (Phi) is 11.9. The minimum absolute atomic E-state index is 0. The molecule has 3 heterocycles. The molecule has 10 nitrogen and oxygen atoms in total. The van der Waals surface area contributed by atoms with Crippen molar-refractivity contribution in [2.45, 2.75) is 19.4 Å². The Hall–Kier alpha value is -1.28. The summed E-state index contributed by atoms with van der Waals surface area (Å²) in [7, 11) is 0. The van der Waals surface area contributed by atoms with Crippen LogP contribution >= 0.6 is 24.0 Å². The number of rotatable bonds is 9. The highest BCUT2D eigenvalue weighted by Crippen LogP contribution is 2.10. The Bertz CT molecular complexity index is 665. The third kappa shape index (κ3) is 9.30. The average molecular weight is 563 g/mol. The molecular formula is C21H39IN8O2. The second-order valence-corrected chi connectivity index (χ2v) is 8.38. The van der Waals surface area contributed by atoms with Crippen LogP contribution in [0.4, 0.5) is 5.95 Å². The number of nitrogens with one attached hydrogen (secondary N) is 2. The number of hydrogen-bond acceptors (Lipinski definition) is 8. The van der Waals surface area contributed by atoms with E-state index in [-0.39, 0.29) is 24.0 Å². The van der Waals surface area contributed by atoms with Crippen LogP contribution < -0.4 is 15.5 Å². The Balaban J connectivity index is 0.00000363. The zero-order valence-corrected chi connectivity index (χ0v) is 21.7. The fourth-order valence-electron chi connectivity index (χ4n) is 3.84. The molecule has 1 atom stereocenters. The van der Waals surface area contributed by atoms with E-state index in [1.165, 1.54) is 0 Å². The van der Waals surface area contributed by atoms with Crippen LogP contribution in [-0.2, 0) is 4.74 Å². The molecule has 1 aromatic rings. The summed E-state index contributed by atoms with van der Waals surface area (Å²) < 4.78 is 5.38. The summed E-state index contributed by atoms with van der Waals surface area (Å²) in [5, 5.41) is 17.4. The first-order valence-electron chi connectivity index (χ1n) is 11.3. The number of nitrogens with zero attached hydrogens (tertiary/aromatic N) is 6. The molecule has 3 N–H and O–H groups in total. The molecule has 1 aromatic heterocycles. The van der Waals surface area contributed by atoms with Crippen LogP contribution in [0.25, 0.3) is 0 Å². The molecule has 2 aliphatic heterocycles. The zero-order chi connectivity index (χ0) is 21.9. The van der Waals surface area contributed by atoms with Gasteiger partial charge < -0.3 is 25.4 Å². The fraction of sp³-hybridized carbons (Fsp3) is 0.762. The highest BCUT2D eigenvalue weighted by atomic mass is 127. The molecule has 32 heavy (non-hydrogen) atoms. The van der Waals surface area contributed by atoms with Crippen LogP contribution in [0.1, 0.15) is 13.8 Å². The van der Waals surface area contributed by atoms with Gasteiger partial charge in [0.25, 0.3) is 0 Å². The van der Waals surface area contributed by atoms with Gasteiger partial charge in [-0.25, -0.2) is 9.97 Å². The van der Waals surface area contributed by atoms with E-state index in [1.807, 2.05) is 19.9 Å². The monoisotopic (exact) mass is 562 g/mol. The number of β-amino-alcohol motifs (C(OH)–C–C–N with tert-alkyl or cyclic N) is 1. The SMILES string of the molecule is CCNC(=NCC(C)(O)CN1CCOCC1)NCCN1CCN(c2ncccn2)CC1.I. The maximum atomic E-state index is 10.8. The van der Waals surface area contributed by atoms with Crippen molar-refractivity contribution in [2.24, 2.45) is 4.99 Å². The van der Waals surface area contributed by atoms with E-state index in [1.54, 1.807) is 12.4 Å². The molecule has 11 heteroatoms. The van der Waals surface area contributed by atoms with E-state index in [9.17, 15) is 5.11 Å². The van der Waals surface area contributed by atoms with Gasteiger partial charge in [0.15, 0.2) is 5.96 Å². The molecule has 0 radical (unpaired) electrons. The van der Waals surface area contributed by atoms with Crippen molar-refractivity contribution in [2.75, 3.05) is 90.1 Å². The smallest absolute Gasteiger partial charge is 0.225 e. The summed E-state index contributed by atoms with van der Waals surface area (Å²) in [6.07, 6.45) is 3.58. The van der Waals surface area contributed by atoms with Crippen LogP contribution in [0, 0.1) is 0 Å². The van der Waals surface area contributed by atoms with E-state index in [0.29, 0.717) is 13.1 Å². The van der Waals surface area contributed by atoms with E-state index in [4.69, 9.17) is 4.74 Å². The lowest BCUT2D eigenvalue weighted by molar-refractivity contribution is -0.0180. The summed E-state index contributed by atoms with van der Waals surface area (Å²) in [6.45, 7) is 14.4. The molecule has 0 spiro atoms.